The number of H-pyrrole nitrogens is 3. The zero-order valence-corrected chi connectivity index (χ0v) is 9.08. The van der Waals surface area contributed by atoms with Crippen LogP contribution in [0.1, 0.15) is 18.7 Å². The molecule has 0 amide bonds. The molecule has 1 atom stereocenters. The molecule has 2 aromatic rings. The second-order valence-electron chi connectivity index (χ2n) is 4.15. The SMILES string of the molecule is O=c1[nH]c(=O)c2[nH]c(CC3CCCO3)nc2[nH]1. The number of imidazole rings is 1. The molecule has 0 radical (unpaired) electrons. The fraction of sp³-hybridized carbons (Fsp3) is 0.500. The predicted octanol–water partition coefficient (Wildman–Crippen LogP) is -0.339. The topological polar surface area (TPSA) is 104 Å². The Hall–Kier alpha value is -1.89. The van der Waals surface area contributed by atoms with Crippen LogP contribution in [-0.2, 0) is 11.2 Å². The van der Waals surface area contributed by atoms with Crippen LogP contribution in [0.4, 0.5) is 0 Å². The molecule has 0 aliphatic carbocycles. The molecular formula is C10H12N4O3. The monoisotopic (exact) mass is 236 g/mol. The van der Waals surface area contributed by atoms with E-state index in [1.54, 1.807) is 0 Å². The Labute approximate surface area is 95.2 Å². The van der Waals surface area contributed by atoms with Gasteiger partial charge in [-0.15, -0.1) is 0 Å². The van der Waals surface area contributed by atoms with Crippen LogP contribution in [0.25, 0.3) is 11.2 Å². The van der Waals surface area contributed by atoms with Crippen LogP contribution < -0.4 is 11.2 Å². The number of nitrogens with one attached hydrogen (secondary N) is 3. The summed E-state index contributed by atoms with van der Waals surface area (Å²) in [5.74, 6) is 0.666. The fourth-order valence-corrected chi connectivity index (χ4v) is 2.10. The number of aromatic nitrogens is 4. The molecule has 0 bridgehead atoms. The van der Waals surface area contributed by atoms with Crippen LogP contribution in [0.3, 0.4) is 0 Å². The number of aromatic amines is 3. The standard InChI is InChI=1S/C10H12N4O3/c15-9-7-8(13-10(16)14-9)12-6(11-7)4-5-2-1-3-17-5/h5H,1-4H2,(H3,11,12,13,14,15,16). The molecule has 3 rings (SSSR count). The molecule has 3 heterocycles. The van der Waals surface area contributed by atoms with Crippen molar-refractivity contribution in [1.29, 1.82) is 0 Å². The second kappa shape index (κ2) is 3.85. The summed E-state index contributed by atoms with van der Waals surface area (Å²) in [6, 6.07) is 0. The van der Waals surface area contributed by atoms with Crippen molar-refractivity contribution in [2.24, 2.45) is 0 Å². The van der Waals surface area contributed by atoms with E-state index in [1.165, 1.54) is 0 Å². The molecule has 3 N–H and O–H groups in total. The molecule has 1 aliphatic rings. The summed E-state index contributed by atoms with van der Waals surface area (Å²) >= 11 is 0. The number of ether oxygens (including phenoxy) is 1. The Morgan fingerprint density at radius 1 is 1.29 bits per heavy atom. The average Bonchev–Trinajstić information content (AvgIpc) is 2.87. The van der Waals surface area contributed by atoms with Gasteiger partial charge in [-0.3, -0.25) is 14.8 Å². The molecule has 0 aromatic carbocycles. The van der Waals surface area contributed by atoms with E-state index in [-0.39, 0.29) is 6.10 Å². The number of nitrogens with zero attached hydrogens (tertiary/aromatic N) is 1. The summed E-state index contributed by atoms with van der Waals surface area (Å²) < 4.78 is 5.49. The van der Waals surface area contributed by atoms with Crippen molar-refractivity contribution in [3.63, 3.8) is 0 Å². The minimum absolute atomic E-state index is 0.154. The normalized spacial score (nSPS) is 20.1. The highest BCUT2D eigenvalue weighted by atomic mass is 16.5. The van der Waals surface area contributed by atoms with E-state index < -0.39 is 11.2 Å². The van der Waals surface area contributed by atoms with Gasteiger partial charge in [0.25, 0.3) is 5.56 Å². The molecule has 1 saturated heterocycles. The summed E-state index contributed by atoms with van der Waals surface area (Å²) in [6.07, 6.45) is 2.85. The fourth-order valence-electron chi connectivity index (χ4n) is 2.10. The Morgan fingerprint density at radius 2 is 2.18 bits per heavy atom. The smallest absolute Gasteiger partial charge is 0.327 e. The minimum Gasteiger partial charge on any atom is -0.378 e. The van der Waals surface area contributed by atoms with E-state index in [4.69, 9.17) is 4.74 Å². The van der Waals surface area contributed by atoms with Crippen LogP contribution in [0.5, 0.6) is 0 Å². The lowest BCUT2D eigenvalue weighted by atomic mass is 10.2. The molecule has 1 unspecified atom stereocenters. The van der Waals surface area contributed by atoms with Gasteiger partial charge in [0.1, 0.15) is 11.3 Å². The molecule has 1 fully saturated rings. The third kappa shape index (κ3) is 1.89. The van der Waals surface area contributed by atoms with Crippen molar-refractivity contribution in [3.8, 4) is 0 Å². The first kappa shape index (κ1) is 10.3. The summed E-state index contributed by atoms with van der Waals surface area (Å²) in [5.41, 5.74) is -0.392. The molecule has 17 heavy (non-hydrogen) atoms. The number of hydrogen-bond donors (Lipinski definition) is 3. The first-order valence-corrected chi connectivity index (χ1v) is 5.55. The summed E-state index contributed by atoms with van der Waals surface area (Å²) in [7, 11) is 0. The molecule has 7 nitrogen and oxygen atoms in total. The van der Waals surface area contributed by atoms with Crippen molar-refractivity contribution in [3.05, 3.63) is 26.7 Å². The van der Waals surface area contributed by atoms with Crippen LogP contribution in [-0.4, -0.2) is 32.6 Å². The highest BCUT2D eigenvalue weighted by Crippen LogP contribution is 2.16. The lowest BCUT2D eigenvalue weighted by molar-refractivity contribution is 0.110. The summed E-state index contributed by atoms with van der Waals surface area (Å²) in [4.78, 5) is 34.3. The lowest BCUT2D eigenvalue weighted by Crippen LogP contribution is -2.21. The van der Waals surface area contributed by atoms with Gasteiger partial charge < -0.3 is 9.72 Å². The number of rotatable bonds is 2. The van der Waals surface area contributed by atoms with E-state index in [0.717, 1.165) is 19.4 Å². The largest absolute Gasteiger partial charge is 0.378 e. The zero-order chi connectivity index (χ0) is 11.8. The van der Waals surface area contributed by atoms with Gasteiger partial charge in [0.15, 0.2) is 5.65 Å². The van der Waals surface area contributed by atoms with Gasteiger partial charge in [-0.05, 0) is 12.8 Å². The third-order valence-corrected chi connectivity index (χ3v) is 2.88. The van der Waals surface area contributed by atoms with Crippen molar-refractivity contribution in [2.75, 3.05) is 6.61 Å². The van der Waals surface area contributed by atoms with Gasteiger partial charge in [-0.25, -0.2) is 9.78 Å². The van der Waals surface area contributed by atoms with E-state index in [2.05, 4.69) is 19.9 Å². The molecule has 90 valence electrons. The third-order valence-electron chi connectivity index (χ3n) is 2.88. The minimum atomic E-state index is -0.544. The van der Waals surface area contributed by atoms with Crippen molar-refractivity contribution in [1.82, 2.24) is 19.9 Å². The Balaban J connectivity index is 1.98. The number of hydrogen-bond acceptors (Lipinski definition) is 4. The van der Waals surface area contributed by atoms with Gasteiger partial charge in [0.2, 0.25) is 0 Å². The number of fused-ring (bicyclic) bond motifs is 1. The average molecular weight is 236 g/mol. The summed E-state index contributed by atoms with van der Waals surface area (Å²) in [6.45, 7) is 0.780. The maximum Gasteiger partial charge on any atom is 0.327 e. The van der Waals surface area contributed by atoms with Gasteiger partial charge in [-0.2, -0.15) is 0 Å². The molecule has 1 aliphatic heterocycles. The molecule has 7 heteroatoms. The molecule has 0 saturated carbocycles. The van der Waals surface area contributed by atoms with Crippen LogP contribution in [0.2, 0.25) is 0 Å². The Kier molecular flexibility index (Phi) is 2.32. The Morgan fingerprint density at radius 3 is 2.94 bits per heavy atom. The van der Waals surface area contributed by atoms with Gasteiger partial charge >= 0.3 is 5.69 Å². The van der Waals surface area contributed by atoms with E-state index in [1.807, 2.05) is 0 Å². The lowest BCUT2D eigenvalue weighted by Gasteiger charge is -2.05. The van der Waals surface area contributed by atoms with Crippen molar-refractivity contribution in [2.45, 2.75) is 25.4 Å². The first-order chi connectivity index (χ1) is 8.22. The maximum atomic E-state index is 11.5. The maximum absolute atomic E-state index is 11.5. The predicted molar refractivity (Wildman–Crippen MR) is 60.0 cm³/mol. The van der Waals surface area contributed by atoms with E-state index in [9.17, 15) is 9.59 Å². The quantitative estimate of drug-likeness (QED) is 0.663. The van der Waals surface area contributed by atoms with Gasteiger partial charge in [-0.1, -0.05) is 0 Å². The van der Waals surface area contributed by atoms with Gasteiger partial charge in [0.05, 0.1) is 6.10 Å². The summed E-state index contributed by atoms with van der Waals surface area (Å²) in [5, 5.41) is 0. The van der Waals surface area contributed by atoms with E-state index in [0.29, 0.717) is 23.4 Å². The molecule has 2 aromatic heterocycles. The zero-order valence-electron chi connectivity index (χ0n) is 9.08. The van der Waals surface area contributed by atoms with Gasteiger partial charge in [0, 0.05) is 13.0 Å². The van der Waals surface area contributed by atoms with Crippen molar-refractivity contribution < 1.29 is 4.74 Å². The molecular weight excluding hydrogens is 224 g/mol. The Bertz CT molecular complexity index is 647. The first-order valence-electron chi connectivity index (χ1n) is 5.55. The molecule has 0 spiro atoms. The van der Waals surface area contributed by atoms with Crippen molar-refractivity contribution >= 4 is 11.2 Å². The highest BCUT2D eigenvalue weighted by Gasteiger charge is 2.18. The second-order valence-corrected chi connectivity index (χ2v) is 4.15. The van der Waals surface area contributed by atoms with E-state index >= 15 is 0 Å². The van der Waals surface area contributed by atoms with Crippen LogP contribution >= 0.6 is 0 Å². The highest BCUT2D eigenvalue weighted by molar-refractivity contribution is 5.68. The van der Waals surface area contributed by atoms with Crippen LogP contribution in [0, 0.1) is 0 Å². The van der Waals surface area contributed by atoms with Crippen LogP contribution in [0.15, 0.2) is 9.59 Å².